The lowest BCUT2D eigenvalue weighted by atomic mass is 9.97. The van der Waals surface area contributed by atoms with Crippen LogP contribution >= 0.6 is 34.8 Å². The van der Waals surface area contributed by atoms with E-state index in [-0.39, 0.29) is 21.5 Å². The number of pyridine rings is 2. The van der Waals surface area contributed by atoms with Gasteiger partial charge in [0.25, 0.3) is 0 Å². The third kappa shape index (κ3) is 2.93. The lowest BCUT2D eigenvalue weighted by Crippen LogP contribution is -2.24. The molecule has 1 aromatic carbocycles. The molecule has 0 bridgehead atoms. The number of fused-ring (bicyclic) bond motifs is 1. The highest BCUT2D eigenvalue weighted by atomic mass is 35.5. The molecule has 0 fully saturated rings. The Hall–Kier alpha value is -1.85. The highest BCUT2D eigenvalue weighted by Gasteiger charge is 2.27. The van der Waals surface area contributed by atoms with Crippen LogP contribution in [-0.2, 0) is 5.60 Å². The number of rotatable bonds is 3. The van der Waals surface area contributed by atoms with Crippen molar-refractivity contribution in [3.8, 4) is 5.69 Å². The van der Waals surface area contributed by atoms with Crippen LogP contribution in [0.25, 0.3) is 16.6 Å². The van der Waals surface area contributed by atoms with Crippen molar-refractivity contribution in [2.75, 3.05) is 0 Å². The molecule has 2 heterocycles. The molecule has 0 amide bonds. The Morgan fingerprint density at radius 2 is 1.85 bits per heavy atom. The maximum atomic E-state index is 12.8. The van der Waals surface area contributed by atoms with Crippen LogP contribution in [0.2, 0.25) is 15.1 Å². The lowest BCUT2D eigenvalue weighted by Gasteiger charge is -2.23. The van der Waals surface area contributed by atoms with Crippen LogP contribution in [0.3, 0.4) is 0 Å². The van der Waals surface area contributed by atoms with Gasteiger partial charge in [-0.3, -0.25) is 9.78 Å². The molecule has 0 spiro atoms. The number of aromatic nitrogens is 2. The molecule has 134 valence electrons. The first-order valence-corrected chi connectivity index (χ1v) is 8.84. The predicted octanol–water partition coefficient (Wildman–Crippen LogP) is 5.05. The third-order valence-corrected chi connectivity index (χ3v) is 5.09. The Balaban J connectivity index is 2.61. The molecular weight excluding hydrogens is 395 g/mol. The van der Waals surface area contributed by atoms with Gasteiger partial charge < -0.3 is 9.67 Å². The molecule has 4 nitrogen and oxygen atoms in total. The van der Waals surface area contributed by atoms with Crippen molar-refractivity contribution < 1.29 is 5.11 Å². The average molecular weight is 410 g/mol. The molecule has 1 N–H and O–H groups in total. The van der Waals surface area contributed by atoms with Crippen molar-refractivity contribution in [2.24, 2.45) is 0 Å². The van der Waals surface area contributed by atoms with E-state index in [1.165, 1.54) is 25.3 Å². The number of halogens is 3. The summed E-state index contributed by atoms with van der Waals surface area (Å²) in [6.07, 6.45) is 2.70. The highest BCUT2D eigenvalue weighted by Crippen LogP contribution is 2.36. The van der Waals surface area contributed by atoms with Crippen molar-refractivity contribution in [2.45, 2.75) is 19.4 Å². The second-order valence-electron chi connectivity index (χ2n) is 6.09. The second-order valence-corrected chi connectivity index (χ2v) is 7.31. The Bertz CT molecular complexity index is 1080. The Labute approximate surface area is 165 Å². The van der Waals surface area contributed by atoms with Crippen molar-refractivity contribution >= 4 is 45.7 Å². The van der Waals surface area contributed by atoms with E-state index in [9.17, 15) is 9.90 Å². The first kappa shape index (κ1) is 18.9. The molecule has 7 heteroatoms. The van der Waals surface area contributed by atoms with E-state index in [0.717, 1.165) is 0 Å². The zero-order valence-electron chi connectivity index (χ0n) is 14.1. The van der Waals surface area contributed by atoms with Crippen molar-refractivity contribution in [1.82, 2.24) is 9.55 Å². The first-order chi connectivity index (χ1) is 12.2. The fourth-order valence-corrected chi connectivity index (χ4v) is 3.70. The number of aliphatic hydroxyl groups is 1. The fraction of sp³-hybridized carbons (Fsp3) is 0.158. The normalized spacial score (nSPS) is 13.6. The molecule has 0 aliphatic rings. The summed E-state index contributed by atoms with van der Waals surface area (Å²) in [6, 6.07) is 6.55. The summed E-state index contributed by atoms with van der Waals surface area (Å²) in [5.41, 5.74) is -0.207. The zero-order valence-corrected chi connectivity index (χ0v) is 16.3. The van der Waals surface area contributed by atoms with Crippen molar-refractivity contribution in [1.29, 1.82) is 0 Å². The van der Waals surface area contributed by atoms with Crippen LogP contribution in [0.4, 0.5) is 0 Å². The predicted molar refractivity (Wildman–Crippen MR) is 107 cm³/mol. The van der Waals surface area contributed by atoms with Gasteiger partial charge in [-0.2, -0.15) is 0 Å². The Kier molecular flexibility index (Phi) is 4.88. The maximum absolute atomic E-state index is 12.8. The highest BCUT2D eigenvalue weighted by molar-refractivity contribution is 6.38. The van der Waals surface area contributed by atoms with Gasteiger partial charge in [0.2, 0.25) is 0 Å². The van der Waals surface area contributed by atoms with Crippen LogP contribution in [0.1, 0.15) is 18.3 Å². The molecule has 3 aromatic rings. The largest absolute Gasteiger partial charge is 0.380 e. The van der Waals surface area contributed by atoms with Crippen LogP contribution < -0.4 is 5.43 Å². The number of nitrogens with zero attached hydrogens (tertiary/aromatic N) is 2. The van der Waals surface area contributed by atoms with Gasteiger partial charge in [-0.05, 0) is 26.0 Å². The van der Waals surface area contributed by atoms with Crippen molar-refractivity contribution in [3.63, 3.8) is 0 Å². The molecular formula is C19H15Cl3N2O2. The van der Waals surface area contributed by atoms with E-state index in [1.807, 2.05) is 0 Å². The molecule has 3 rings (SSSR count). The third-order valence-electron chi connectivity index (χ3n) is 4.21. The number of para-hydroxylation sites is 1. The minimum atomic E-state index is -1.51. The van der Waals surface area contributed by atoms with Crippen LogP contribution in [-0.4, -0.2) is 14.7 Å². The molecule has 1 atom stereocenters. The van der Waals surface area contributed by atoms with Crippen molar-refractivity contribution in [3.05, 3.63) is 79.8 Å². The number of hydrogen-bond acceptors (Lipinski definition) is 3. The minimum absolute atomic E-state index is 0.161. The summed E-state index contributed by atoms with van der Waals surface area (Å²) < 4.78 is 1.70. The van der Waals surface area contributed by atoms with E-state index < -0.39 is 5.60 Å². The fourth-order valence-electron chi connectivity index (χ4n) is 2.90. The summed E-state index contributed by atoms with van der Waals surface area (Å²) in [5.74, 6) is 0. The summed E-state index contributed by atoms with van der Waals surface area (Å²) in [4.78, 5) is 17.0. The van der Waals surface area contributed by atoms with E-state index >= 15 is 0 Å². The average Bonchev–Trinajstić information content (AvgIpc) is 2.57. The molecule has 2 aromatic heterocycles. The molecule has 0 saturated carbocycles. The monoisotopic (exact) mass is 408 g/mol. The maximum Gasteiger partial charge on any atom is 0.191 e. The summed E-state index contributed by atoms with van der Waals surface area (Å²) >= 11 is 19.2. The van der Waals surface area contributed by atoms with E-state index in [2.05, 4.69) is 11.6 Å². The summed E-state index contributed by atoms with van der Waals surface area (Å²) in [6.45, 7) is 6.87. The molecule has 1 unspecified atom stereocenters. The topological polar surface area (TPSA) is 55.1 Å². The minimum Gasteiger partial charge on any atom is -0.380 e. The van der Waals surface area contributed by atoms with Crippen LogP contribution in [0.5, 0.6) is 0 Å². The van der Waals surface area contributed by atoms with Crippen LogP contribution in [0, 0.1) is 6.92 Å². The molecule has 0 saturated heterocycles. The van der Waals surface area contributed by atoms with Gasteiger partial charge in [-0.1, -0.05) is 53.5 Å². The second kappa shape index (κ2) is 6.71. The first-order valence-electron chi connectivity index (χ1n) is 7.70. The number of aryl methyl sites for hydroxylation is 1. The van der Waals surface area contributed by atoms with Gasteiger partial charge in [-0.25, -0.2) is 0 Å². The Morgan fingerprint density at radius 3 is 2.42 bits per heavy atom. The van der Waals surface area contributed by atoms with Gasteiger partial charge in [0.05, 0.1) is 37.4 Å². The quantitative estimate of drug-likeness (QED) is 0.616. The van der Waals surface area contributed by atoms with Gasteiger partial charge in [0.15, 0.2) is 5.43 Å². The van der Waals surface area contributed by atoms with Gasteiger partial charge in [-0.15, -0.1) is 0 Å². The molecule has 0 aliphatic carbocycles. The van der Waals surface area contributed by atoms with E-state index in [4.69, 9.17) is 34.8 Å². The van der Waals surface area contributed by atoms with Crippen LogP contribution in [0.15, 0.2) is 47.9 Å². The molecule has 26 heavy (non-hydrogen) atoms. The smallest absolute Gasteiger partial charge is 0.191 e. The zero-order chi connectivity index (χ0) is 19.2. The van der Waals surface area contributed by atoms with E-state index in [0.29, 0.717) is 26.9 Å². The van der Waals surface area contributed by atoms with Gasteiger partial charge in [0.1, 0.15) is 5.60 Å². The molecule has 0 radical (unpaired) electrons. The summed E-state index contributed by atoms with van der Waals surface area (Å²) in [7, 11) is 0. The Morgan fingerprint density at radius 1 is 1.23 bits per heavy atom. The number of hydrogen-bond donors (Lipinski definition) is 1. The van der Waals surface area contributed by atoms with Gasteiger partial charge >= 0.3 is 0 Å². The van der Waals surface area contributed by atoms with Gasteiger partial charge in [0, 0.05) is 18.0 Å². The number of benzene rings is 1. The summed E-state index contributed by atoms with van der Waals surface area (Å²) in [5, 5.41) is 11.8. The standard InChI is InChI=1S/C19H15Cl3N2O2/c1-4-19(3,26)18-15-14(25)8-10(2)24(17(15)13(22)9-23-18)16-11(20)6-5-7-12(16)21/h4-9,26H,1H2,2-3H3. The SMILES string of the molecule is C=CC(C)(O)c1ncc(Cl)c2c1c(=O)cc(C)n2-c1c(Cl)cccc1Cl. The lowest BCUT2D eigenvalue weighted by molar-refractivity contribution is 0.108. The molecule has 0 aliphatic heterocycles. The van der Waals surface area contributed by atoms with E-state index in [1.54, 1.807) is 29.7 Å².